The van der Waals surface area contributed by atoms with Gasteiger partial charge in [-0.25, -0.2) is 0 Å². The van der Waals surface area contributed by atoms with Gasteiger partial charge in [-0.3, -0.25) is 4.79 Å². The highest BCUT2D eigenvalue weighted by molar-refractivity contribution is 7.18. The van der Waals surface area contributed by atoms with Gasteiger partial charge in [0, 0.05) is 17.2 Å². The van der Waals surface area contributed by atoms with Gasteiger partial charge < -0.3 is 11.1 Å². The van der Waals surface area contributed by atoms with Crippen molar-refractivity contribution >= 4 is 28.1 Å². The average molecular weight is 262 g/mol. The molecule has 94 valence electrons. The third-order valence-corrected chi connectivity index (χ3v) is 3.24. The molecule has 0 saturated carbocycles. The molecule has 0 bridgehead atoms. The van der Waals surface area contributed by atoms with Crippen molar-refractivity contribution in [3.8, 4) is 10.6 Å². The number of nitrogens with zero attached hydrogens (tertiary/aromatic N) is 2. The zero-order chi connectivity index (χ0) is 13.1. The third kappa shape index (κ3) is 2.65. The van der Waals surface area contributed by atoms with Crippen molar-refractivity contribution in [2.24, 2.45) is 5.92 Å². The number of amides is 1. The third-order valence-electron chi connectivity index (χ3n) is 2.37. The second kappa shape index (κ2) is 5.14. The number of nitrogens with two attached hydrogens (primary N) is 1. The molecule has 2 rings (SSSR count). The molecule has 0 fully saturated rings. The van der Waals surface area contributed by atoms with Crippen LogP contribution >= 0.6 is 11.3 Å². The van der Waals surface area contributed by atoms with E-state index in [1.165, 1.54) is 11.3 Å². The van der Waals surface area contributed by atoms with Gasteiger partial charge in [0.1, 0.15) is 0 Å². The molecule has 1 amide bonds. The van der Waals surface area contributed by atoms with Gasteiger partial charge in [-0.05, 0) is 12.1 Å². The van der Waals surface area contributed by atoms with E-state index in [0.29, 0.717) is 15.8 Å². The summed E-state index contributed by atoms with van der Waals surface area (Å²) in [6, 6.07) is 7.44. The number of rotatable bonds is 3. The minimum Gasteiger partial charge on any atom is -0.398 e. The van der Waals surface area contributed by atoms with Crippen LogP contribution in [0.3, 0.4) is 0 Å². The van der Waals surface area contributed by atoms with Crippen LogP contribution in [-0.4, -0.2) is 16.1 Å². The summed E-state index contributed by atoms with van der Waals surface area (Å²) in [5.41, 5.74) is 7.34. The van der Waals surface area contributed by atoms with Gasteiger partial charge in [0.05, 0.1) is 0 Å². The predicted octanol–water partition coefficient (Wildman–Crippen LogP) is 2.38. The summed E-state index contributed by atoms with van der Waals surface area (Å²) < 4.78 is 0. The molecule has 0 radical (unpaired) electrons. The van der Waals surface area contributed by atoms with Gasteiger partial charge in [0.25, 0.3) is 0 Å². The summed E-state index contributed by atoms with van der Waals surface area (Å²) in [7, 11) is 0. The van der Waals surface area contributed by atoms with Crippen LogP contribution < -0.4 is 11.1 Å². The first-order valence-electron chi connectivity index (χ1n) is 5.57. The maximum Gasteiger partial charge on any atom is 0.228 e. The van der Waals surface area contributed by atoms with Crippen molar-refractivity contribution < 1.29 is 4.79 Å². The molecular weight excluding hydrogens is 248 g/mol. The lowest BCUT2D eigenvalue weighted by Crippen LogP contribution is -2.17. The Morgan fingerprint density at radius 1 is 1.33 bits per heavy atom. The van der Waals surface area contributed by atoms with Crippen LogP contribution in [0.2, 0.25) is 0 Å². The van der Waals surface area contributed by atoms with Gasteiger partial charge in [-0.1, -0.05) is 37.3 Å². The number of para-hydroxylation sites is 1. The molecule has 0 aliphatic rings. The van der Waals surface area contributed by atoms with Crippen molar-refractivity contribution in [3.05, 3.63) is 24.3 Å². The Labute approximate surface area is 109 Å². The molecule has 1 aromatic carbocycles. The first-order chi connectivity index (χ1) is 8.58. The second-order valence-electron chi connectivity index (χ2n) is 4.14. The predicted molar refractivity (Wildman–Crippen MR) is 73.2 cm³/mol. The minimum atomic E-state index is -0.0841. The van der Waals surface area contributed by atoms with E-state index >= 15 is 0 Å². The topological polar surface area (TPSA) is 80.9 Å². The fourth-order valence-corrected chi connectivity index (χ4v) is 2.12. The lowest BCUT2D eigenvalue weighted by molar-refractivity contribution is -0.118. The number of hydrogen-bond acceptors (Lipinski definition) is 5. The van der Waals surface area contributed by atoms with Crippen molar-refractivity contribution in [1.29, 1.82) is 0 Å². The maximum atomic E-state index is 11.5. The Hall–Kier alpha value is -1.95. The average Bonchev–Trinajstić information content (AvgIpc) is 2.77. The molecular formula is C12H14N4OS. The summed E-state index contributed by atoms with van der Waals surface area (Å²) in [5.74, 6) is -0.155. The number of aromatic nitrogens is 2. The smallest absolute Gasteiger partial charge is 0.228 e. The highest BCUT2D eigenvalue weighted by Crippen LogP contribution is 2.30. The van der Waals surface area contributed by atoms with Crippen molar-refractivity contribution in [2.75, 3.05) is 11.1 Å². The summed E-state index contributed by atoms with van der Waals surface area (Å²) in [5, 5.41) is 11.9. The Morgan fingerprint density at radius 2 is 2.06 bits per heavy atom. The normalized spacial score (nSPS) is 10.6. The van der Waals surface area contributed by atoms with E-state index < -0.39 is 0 Å². The number of carbonyl (C=O) groups excluding carboxylic acids is 1. The molecule has 3 N–H and O–H groups in total. The number of anilines is 2. The first-order valence-corrected chi connectivity index (χ1v) is 6.39. The fourth-order valence-electron chi connectivity index (χ4n) is 1.32. The van der Waals surface area contributed by atoms with Gasteiger partial charge in [-0.2, -0.15) is 0 Å². The molecule has 2 aromatic rings. The molecule has 5 nitrogen and oxygen atoms in total. The summed E-state index contributed by atoms with van der Waals surface area (Å²) in [6.07, 6.45) is 0. The first kappa shape index (κ1) is 12.5. The Bertz CT molecular complexity index is 565. The zero-order valence-corrected chi connectivity index (χ0v) is 11.0. The van der Waals surface area contributed by atoms with Gasteiger partial charge >= 0.3 is 0 Å². The van der Waals surface area contributed by atoms with Crippen LogP contribution in [0.4, 0.5) is 10.8 Å². The Kier molecular flexibility index (Phi) is 3.57. The van der Waals surface area contributed by atoms with Crippen LogP contribution in [0.1, 0.15) is 13.8 Å². The number of benzene rings is 1. The molecule has 0 aliphatic heterocycles. The summed E-state index contributed by atoms with van der Waals surface area (Å²) in [6.45, 7) is 3.65. The van der Waals surface area contributed by atoms with Crippen LogP contribution in [0, 0.1) is 5.92 Å². The molecule has 0 saturated heterocycles. The van der Waals surface area contributed by atoms with Gasteiger partial charge in [0.15, 0.2) is 5.01 Å². The van der Waals surface area contributed by atoms with Crippen LogP contribution in [-0.2, 0) is 4.79 Å². The van der Waals surface area contributed by atoms with Crippen molar-refractivity contribution in [1.82, 2.24) is 10.2 Å². The maximum absolute atomic E-state index is 11.5. The van der Waals surface area contributed by atoms with Crippen LogP contribution in [0.5, 0.6) is 0 Å². The highest BCUT2D eigenvalue weighted by Gasteiger charge is 2.12. The number of nitrogen functional groups attached to an aromatic ring is 1. The Morgan fingerprint density at radius 3 is 2.72 bits per heavy atom. The molecule has 0 unspecified atom stereocenters. The summed E-state index contributed by atoms with van der Waals surface area (Å²) >= 11 is 1.31. The molecule has 6 heteroatoms. The lowest BCUT2D eigenvalue weighted by Gasteiger charge is -2.02. The van der Waals surface area contributed by atoms with E-state index in [0.717, 1.165) is 5.56 Å². The highest BCUT2D eigenvalue weighted by atomic mass is 32.1. The van der Waals surface area contributed by atoms with E-state index in [1.54, 1.807) is 0 Å². The van der Waals surface area contributed by atoms with E-state index in [1.807, 2.05) is 38.1 Å². The molecule has 0 atom stereocenters. The van der Waals surface area contributed by atoms with E-state index in [2.05, 4.69) is 15.5 Å². The monoisotopic (exact) mass is 262 g/mol. The SMILES string of the molecule is CC(C)C(=O)Nc1nnc(-c2ccccc2N)s1. The van der Waals surface area contributed by atoms with Gasteiger partial charge in [0.2, 0.25) is 11.0 Å². The van der Waals surface area contributed by atoms with Crippen LogP contribution in [0.25, 0.3) is 10.6 Å². The summed E-state index contributed by atoms with van der Waals surface area (Å²) in [4.78, 5) is 11.5. The van der Waals surface area contributed by atoms with E-state index in [9.17, 15) is 4.79 Å². The Balaban J connectivity index is 2.21. The largest absolute Gasteiger partial charge is 0.398 e. The number of hydrogen-bond donors (Lipinski definition) is 2. The minimum absolute atomic E-state index is 0.0706. The molecule has 0 spiro atoms. The molecule has 0 aliphatic carbocycles. The lowest BCUT2D eigenvalue weighted by atomic mass is 10.2. The van der Waals surface area contributed by atoms with E-state index in [4.69, 9.17) is 5.73 Å². The van der Waals surface area contributed by atoms with Crippen LogP contribution in [0.15, 0.2) is 24.3 Å². The second-order valence-corrected chi connectivity index (χ2v) is 5.12. The molecule has 18 heavy (non-hydrogen) atoms. The van der Waals surface area contributed by atoms with E-state index in [-0.39, 0.29) is 11.8 Å². The number of nitrogens with one attached hydrogen (secondary N) is 1. The van der Waals surface area contributed by atoms with Crippen molar-refractivity contribution in [2.45, 2.75) is 13.8 Å². The quantitative estimate of drug-likeness (QED) is 0.832. The zero-order valence-electron chi connectivity index (χ0n) is 10.2. The standard InChI is InChI=1S/C12H14N4OS/c1-7(2)10(17)14-12-16-15-11(18-12)8-5-3-4-6-9(8)13/h3-7H,13H2,1-2H3,(H,14,16,17). The van der Waals surface area contributed by atoms with Crippen molar-refractivity contribution in [3.63, 3.8) is 0 Å². The number of carbonyl (C=O) groups is 1. The van der Waals surface area contributed by atoms with Gasteiger partial charge in [-0.15, -0.1) is 10.2 Å². The fraction of sp³-hybridized carbons (Fsp3) is 0.250. The molecule has 1 heterocycles. The molecule has 1 aromatic heterocycles.